The lowest BCUT2D eigenvalue weighted by atomic mass is 10.1. The number of aldehydes is 1. The normalized spacial score (nSPS) is 11.6. The van der Waals surface area contributed by atoms with Gasteiger partial charge in [-0.05, 0) is 6.42 Å². The van der Waals surface area contributed by atoms with Crippen molar-refractivity contribution in [2.45, 2.75) is 18.9 Å². The smallest absolute Gasteiger partial charge is 0.236 e. The Balaban J connectivity index is 3.65. The van der Waals surface area contributed by atoms with Gasteiger partial charge in [0.1, 0.15) is 6.29 Å². The zero-order valence-corrected chi connectivity index (χ0v) is 8.08. The molecule has 80 valence electrons. The molecule has 0 spiro atoms. The van der Waals surface area contributed by atoms with Crippen molar-refractivity contribution >= 4 is 18.1 Å². The molecule has 0 rings (SSSR count). The summed E-state index contributed by atoms with van der Waals surface area (Å²) in [6, 6.07) is -0.679. The van der Waals surface area contributed by atoms with Crippen LogP contribution in [0.2, 0.25) is 0 Å². The van der Waals surface area contributed by atoms with E-state index >= 15 is 0 Å². The van der Waals surface area contributed by atoms with Gasteiger partial charge in [0.05, 0.1) is 12.6 Å². The highest BCUT2D eigenvalue weighted by Gasteiger charge is 2.12. The fourth-order valence-electron chi connectivity index (χ4n) is 0.847. The highest BCUT2D eigenvalue weighted by molar-refractivity contribution is 5.83. The van der Waals surface area contributed by atoms with Crippen molar-refractivity contribution in [3.8, 4) is 0 Å². The summed E-state index contributed by atoms with van der Waals surface area (Å²) in [5.41, 5.74) is 5.44. The monoisotopic (exact) mass is 201 g/mol. The van der Waals surface area contributed by atoms with Crippen LogP contribution in [0.5, 0.6) is 0 Å². The molecule has 0 aromatic carbocycles. The van der Waals surface area contributed by atoms with Gasteiger partial charge in [0.25, 0.3) is 0 Å². The number of carbonyl (C=O) groups is 3. The molecular weight excluding hydrogens is 186 g/mol. The number of nitrogens with one attached hydrogen (secondary N) is 2. The standard InChI is InChI=1S/C8H15N3O3/c1-10-8(14)6(9)2-3-7(13)11-4-5-12/h5-6H,2-4,9H2,1H3,(H,10,14)(H,11,13). The molecule has 0 aromatic heterocycles. The Bertz CT molecular complexity index is 218. The van der Waals surface area contributed by atoms with Crippen LogP contribution in [0.4, 0.5) is 0 Å². The highest BCUT2D eigenvalue weighted by atomic mass is 16.2. The van der Waals surface area contributed by atoms with Gasteiger partial charge < -0.3 is 21.2 Å². The van der Waals surface area contributed by atoms with E-state index in [1.807, 2.05) is 0 Å². The SMILES string of the molecule is CNC(=O)C(N)CCC(=O)NCC=O. The quantitative estimate of drug-likeness (QED) is 0.439. The number of amides is 2. The molecule has 6 nitrogen and oxygen atoms in total. The number of likely N-dealkylation sites (N-methyl/N-ethyl adjacent to an activating group) is 1. The van der Waals surface area contributed by atoms with Crippen LogP contribution in [0.25, 0.3) is 0 Å². The molecule has 0 saturated carbocycles. The third kappa shape index (κ3) is 5.26. The van der Waals surface area contributed by atoms with Gasteiger partial charge >= 0.3 is 0 Å². The molecule has 0 bridgehead atoms. The number of nitrogens with two attached hydrogens (primary N) is 1. The lowest BCUT2D eigenvalue weighted by molar-refractivity contribution is -0.124. The molecule has 6 heteroatoms. The van der Waals surface area contributed by atoms with E-state index in [-0.39, 0.29) is 31.2 Å². The highest BCUT2D eigenvalue weighted by Crippen LogP contribution is 1.94. The molecule has 0 heterocycles. The van der Waals surface area contributed by atoms with Gasteiger partial charge in [0, 0.05) is 13.5 Å². The van der Waals surface area contributed by atoms with E-state index in [1.165, 1.54) is 7.05 Å². The maximum absolute atomic E-state index is 11.0. The van der Waals surface area contributed by atoms with Crippen LogP contribution >= 0.6 is 0 Å². The van der Waals surface area contributed by atoms with Gasteiger partial charge in [0.2, 0.25) is 11.8 Å². The van der Waals surface area contributed by atoms with E-state index in [9.17, 15) is 14.4 Å². The molecule has 0 aliphatic rings. The summed E-state index contributed by atoms with van der Waals surface area (Å²) >= 11 is 0. The molecule has 0 fully saturated rings. The van der Waals surface area contributed by atoms with E-state index in [1.54, 1.807) is 0 Å². The van der Waals surface area contributed by atoms with E-state index in [2.05, 4.69) is 10.6 Å². The van der Waals surface area contributed by atoms with E-state index in [0.29, 0.717) is 6.29 Å². The zero-order chi connectivity index (χ0) is 11.0. The Hall–Kier alpha value is -1.43. The van der Waals surface area contributed by atoms with Crippen molar-refractivity contribution in [2.24, 2.45) is 5.73 Å². The van der Waals surface area contributed by atoms with Crippen LogP contribution in [0.15, 0.2) is 0 Å². The van der Waals surface area contributed by atoms with Gasteiger partial charge in [-0.1, -0.05) is 0 Å². The summed E-state index contributed by atoms with van der Waals surface area (Å²) in [7, 11) is 1.48. The molecule has 0 radical (unpaired) electrons. The zero-order valence-electron chi connectivity index (χ0n) is 8.08. The molecule has 0 aliphatic heterocycles. The predicted molar refractivity (Wildman–Crippen MR) is 50.3 cm³/mol. The summed E-state index contributed by atoms with van der Waals surface area (Å²) in [6.07, 6.45) is 1.00. The lowest BCUT2D eigenvalue weighted by Crippen LogP contribution is -2.39. The Morgan fingerprint density at radius 2 is 2.14 bits per heavy atom. The second-order valence-corrected chi connectivity index (χ2v) is 2.73. The Kier molecular flexibility index (Phi) is 6.30. The molecule has 0 aromatic rings. The molecule has 1 atom stereocenters. The molecule has 0 aliphatic carbocycles. The summed E-state index contributed by atoms with van der Waals surface area (Å²) in [6.45, 7) is -0.00591. The molecular formula is C8H15N3O3. The van der Waals surface area contributed by atoms with Crippen LogP contribution in [0, 0.1) is 0 Å². The first-order chi connectivity index (χ1) is 6.61. The summed E-state index contributed by atoms with van der Waals surface area (Å²) < 4.78 is 0. The molecule has 14 heavy (non-hydrogen) atoms. The van der Waals surface area contributed by atoms with Crippen molar-refractivity contribution in [2.75, 3.05) is 13.6 Å². The number of carbonyl (C=O) groups excluding carboxylic acids is 3. The van der Waals surface area contributed by atoms with Gasteiger partial charge in [0.15, 0.2) is 0 Å². The average molecular weight is 201 g/mol. The van der Waals surface area contributed by atoms with Crippen molar-refractivity contribution in [1.29, 1.82) is 0 Å². The third-order valence-electron chi connectivity index (χ3n) is 1.65. The van der Waals surface area contributed by atoms with Crippen molar-refractivity contribution in [1.82, 2.24) is 10.6 Å². The van der Waals surface area contributed by atoms with Gasteiger partial charge in [-0.15, -0.1) is 0 Å². The summed E-state index contributed by atoms with van der Waals surface area (Å²) in [5.74, 6) is -0.579. The molecule has 1 unspecified atom stereocenters. The minimum Gasteiger partial charge on any atom is -0.358 e. The third-order valence-corrected chi connectivity index (χ3v) is 1.65. The second kappa shape index (κ2) is 7.02. The number of rotatable bonds is 6. The minimum atomic E-state index is -0.679. The fourth-order valence-corrected chi connectivity index (χ4v) is 0.847. The predicted octanol–water partition coefficient (Wildman–Crippen LogP) is -1.84. The number of hydrogen-bond acceptors (Lipinski definition) is 4. The summed E-state index contributed by atoms with van der Waals surface area (Å²) in [5, 5.41) is 4.73. The van der Waals surface area contributed by atoms with Crippen molar-refractivity contribution in [3.63, 3.8) is 0 Å². The first kappa shape index (κ1) is 12.6. The first-order valence-electron chi connectivity index (χ1n) is 4.29. The van der Waals surface area contributed by atoms with E-state index in [4.69, 9.17) is 5.73 Å². The van der Waals surface area contributed by atoms with Crippen LogP contribution in [-0.2, 0) is 14.4 Å². The minimum absolute atomic E-state index is 0.00591. The largest absolute Gasteiger partial charge is 0.358 e. The first-order valence-corrected chi connectivity index (χ1v) is 4.29. The van der Waals surface area contributed by atoms with Crippen LogP contribution in [0.3, 0.4) is 0 Å². The maximum Gasteiger partial charge on any atom is 0.236 e. The molecule has 2 amide bonds. The Morgan fingerprint density at radius 3 is 2.64 bits per heavy atom. The molecule has 0 saturated heterocycles. The molecule has 4 N–H and O–H groups in total. The van der Waals surface area contributed by atoms with Gasteiger partial charge in [-0.3, -0.25) is 9.59 Å². The average Bonchev–Trinajstić information content (AvgIpc) is 2.21. The fraction of sp³-hybridized carbons (Fsp3) is 0.625. The van der Waals surface area contributed by atoms with Gasteiger partial charge in [-0.25, -0.2) is 0 Å². The van der Waals surface area contributed by atoms with E-state index in [0.717, 1.165) is 0 Å². The lowest BCUT2D eigenvalue weighted by Gasteiger charge is -2.08. The number of hydrogen-bond donors (Lipinski definition) is 3. The van der Waals surface area contributed by atoms with Crippen molar-refractivity contribution < 1.29 is 14.4 Å². The van der Waals surface area contributed by atoms with Crippen molar-refractivity contribution in [3.05, 3.63) is 0 Å². The van der Waals surface area contributed by atoms with Crippen LogP contribution in [0.1, 0.15) is 12.8 Å². The van der Waals surface area contributed by atoms with Gasteiger partial charge in [-0.2, -0.15) is 0 Å². The Morgan fingerprint density at radius 1 is 1.50 bits per heavy atom. The second-order valence-electron chi connectivity index (χ2n) is 2.73. The Labute approximate surface area is 82.2 Å². The van der Waals surface area contributed by atoms with E-state index < -0.39 is 6.04 Å². The van der Waals surface area contributed by atoms with Crippen LogP contribution in [-0.4, -0.2) is 37.7 Å². The summed E-state index contributed by atoms with van der Waals surface area (Å²) in [4.78, 5) is 31.8. The maximum atomic E-state index is 11.0. The topological polar surface area (TPSA) is 101 Å². The van der Waals surface area contributed by atoms with Crippen LogP contribution < -0.4 is 16.4 Å².